The Morgan fingerprint density at radius 1 is 1.11 bits per heavy atom. The number of halogens is 1. The van der Waals surface area contributed by atoms with Crippen LogP contribution in [0.4, 0.5) is 9.18 Å². The molecule has 1 saturated heterocycles. The fraction of sp³-hybridized carbons (Fsp3) is 0.238. The molecule has 1 N–H and O–H groups in total. The van der Waals surface area contributed by atoms with Crippen LogP contribution in [0.2, 0.25) is 0 Å². The minimum Gasteiger partial charge on any atom is -0.378 e. The zero-order valence-electron chi connectivity index (χ0n) is 15.2. The Labute approximate surface area is 166 Å². The third-order valence-corrected chi connectivity index (χ3v) is 5.78. The quantitative estimate of drug-likeness (QED) is 0.719. The summed E-state index contributed by atoms with van der Waals surface area (Å²) in [5, 5.41) is 2.99. The number of carbonyl (C=O) groups is 1. The van der Waals surface area contributed by atoms with E-state index in [1.807, 2.05) is 12.1 Å². The van der Waals surface area contributed by atoms with Crippen molar-refractivity contribution in [2.45, 2.75) is 6.54 Å². The summed E-state index contributed by atoms with van der Waals surface area (Å²) in [6, 6.07) is 12.4. The van der Waals surface area contributed by atoms with Crippen LogP contribution in [0, 0.1) is 5.82 Å². The number of pyridine rings is 1. The highest BCUT2D eigenvalue weighted by atomic mass is 32.1. The van der Waals surface area contributed by atoms with E-state index in [1.54, 1.807) is 40.8 Å². The van der Waals surface area contributed by atoms with Crippen molar-refractivity contribution < 1.29 is 13.9 Å². The lowest BCUT2D eigenvalue weighted by Gasteiger charge is -2.26. The molecule has 1 aliphatic rings. The Balaban J connectivity index is 1.58. The number of urea groups is 1. The van der Waals surface area contributed by atoms with Gasteiger partial charge in [0, 0.05) is 40.8 Å². The minimum atomic E-state index is -0.260. The molecule has 28 heavy (non-hydrogen) atoms. The van der Waals surface area contributed by atoms with Crippen molar-refractivity contribution in [1.82, 2.24) is 15.2 Å². The third-order valence-electron chi connectivity index (χ3n) is 4.59. The Morgan fingerprint density at radius 2 is 1.82 bits per heavy atom. The molecule has 4 rings (SSSR count). The molecule has 0 aliphatic carbocycles. The number of morpholine rings is 1. The second-order valence-electron chi connectivity index (χ2n) is 6.46. The Kier molecular flexibility index (Phi) is 5.64. The van der Waals surface area contributed by atoms with Crippen molar-refractivity contribution in [3.63, 3.8) is 0 Å². The smallest absolute Gasteiger partial charge is 0.317 e. The van der Waals surface area contributed by atoms with Gasteiger partial charge in [-0.3, -0.25) is 4.98 Å². The van der Waals surface area contributed by atoms with Gasteiger partial charge in [-0.2, -0.15) is 0 Å². The van der Waals surface area contributed by atoms with Crippen LogP contribution < -0.4 is 5.32 Å². The van der Waals surface area contributed by atoms with Gasteiger partial charge in [0.2, 0.25) is 0 Å². The van der Waals surface area contributed by atoms with E-state index in [-0.39, 0.29) is 11.8 Å². The summed E-state index contributed by atoms with van der Waals surface area (Å²) in [7, 11) is 0. The van der Waals surface area contributed by atoms with Gasteiger partial charge in [0.25, 0.3) is 0 Å². The number of carbonyl (C=O) groups excluding carboxylic acids is 1. The molecule has 0 atom stereocenters. The zero-order valence-corrected chi connectivity index (χ0v) is 16.0. The lowest BCUT2D eigenvalue weighted by atomic mass is 10.0. The van der Waals surface area contributed by atoms with Crippen LogP contribution in [-0.4, -0.2) is 42.2 Å². The molecule has 2 amide bonds. The molecular formula is C21H20FN3O2S. The highest BCUT2D eigenvalue weighted by Crippen LogP contribution is 2.39. The molecule has 0 unspecified atom stereocenters. The maximum atomic E-state index is 13.4. The summed E-state index contributed by atoms with van der Waals surface area (Å²) < 4.78 is 18.6. The number of ether oxygens (including phenoxy) is 1. The normalized spacial score (nSPS) is 14.1. The van der Waals surface area contributed by atoms with Gasteiger partial charge in [0.1, 0.15) is 5.82 Å². The van der Waals surface area contributed by atoms with Crippen molar-refractivity contribution in [1.29, 1.82) is 0 Å². The van der Waals surface area contributed by atoms with Crippen LogP contribution >= 0.6 is 11.3 Å². The maximum absolute atomic E-state index is 13.4. The average molecular weight is 397 g/mol. The number of hydrogen-bond donors (Lipinski definition) is 1. The largest absolute Gasteiger partial charge is 0.378 e. The van der Waals surface area contributed by atoms with Gasteiger partial charge in [-0.25, -0.2) is 9.18 Å². The van der Waals surface area contributed by atoms with Crippen LogP contribution in [-0.2, 0) is 11.3 Å². The Bertz CT molecular complexity index is 938. The molecule has 1 fully saturated rings. The summed E-state index contributed by atoms with van der Waals surface area (Å²) in [6.07, 6.45) is 3.50. The fourth-order valence-corrected chi connectivity index (χ4v) is 4.26. The zero-order chi connectivity index (χ0) is 19.3. The van der Waals surface area contributed by atoms with E-state index in [0.29, 0.717) is 32.8 Å². The molecule has 0 radical (unpaired) electrons. The van der Waals surface area contributed by atoms with E-state index < -0.39 is 0 Å². The summed E-state index contributed by atoms with van der Waals surface area (Å²) in [6.45, 7) is 2.82. The van der Waals surface area contributed by atoms with Crippen molar-refractivity contribution in [3.05, 3.63) is 65.6 Å². The number of benzene rings is 1. The van der Waals surface area contributed by atoms with Crippen LogP contribution in [0.15, 0.2) is 54.9 Å². The van der Waals surface area contributed by atoms with E-state index in [0.717, 1.165) is 26.4 Å². The lowest BCUT2D eigenvalue weighted by molar-refractivity contribution is 0.0531. The van der Waals surface area contributed by atoms with E-state index >= 15 is 0 Å². The van der Waals surface area contributed by atoms with E-state index in [2.05, 4.69) is 16.4 Å². The van der Waals surface area contributed by atoms with Crippen molar-refractivity contribution in [2.24, 2.45) is 0 Å². The molecule has 3 heterocycles. The summed E-state index contributed by atoms with van der Waals surface area (Å²) in [4.78, 5) is 20.3. The number of rotatable bonds is 4. The monoisotopic (exact) mass is 397 g/mol. The van der Waals surface area contributed by atoms with Crippen molar-refractivity contribution in [2.75, 3.05) is 26.3 Å². The first-order valence-electron chi connectivity index (χ1n) is 9.10. The molecule has 144 valence electrons. The van der Waals surface area contributed by atoms with Gasteiger partial charge < -0.3 is 15.0 Å². The third kappa shape index (κ3) is 4.21. The molecule has 0 spiro atoms. The second kappa shape index (κ2) is 8.50. The summed E-state index contributed by atoms with van der Waals surface area (Å²) in [5.74, 6) is -0.260. The first-order valence-corrected chi connectivity index (χ1v) is 9.92. The van der Waals surface area contributed by atoms with E-state index in [9.17, 15) is 9.18 Å². The Hall–Kier alpha value is -2.77. The molecule has 3 aromatic rings. The van der Waals surface area contributed by atoms with Crippen molar-refractivity contribution in [3.8, 4) is 21.6 Å². The first kappa shape index (κ1) is 18.6. The number of nitrogens with zero attached hydrogens (tertiary/aromatic N) is 2. The molecule has 2 aromatic heterocycles. The summed E-state index contributed by atoms with van der Waals surface area (Å²) >= 11 is 1.60. The lowest BCUT2D eigenvalue weighted by Crippen LogP contribution is -2.45. The number of thiophene rings is 1. The molecule has 0 bridgehead atoms. The highest BCUT2D eigenvalue weighted by molar-refractivity contribution is 7.16. The predicted octanol–water partition coefficient (Wildman–Crippen LogP) is 4.16. The van der Waals surface area contributed by atoms with E-state index in [4.69, 9.17) is 4.74 Å². The highest BCUT2D eigenvalue weighted by Gasteiger charge is 2.18. The number of hydrogen-bond acceptors (Lipinski definition) is 4. The van der Waals surface area contributed by atoms with Gasteiger partial charge in [-0.1, -0.05) is 12.1 Å². The molecule has 0 saturated carbocycles. The molecule has 1 aromatic carbocycles. The van der Waals surface area contributed by atoms with Crippen LogP contribution in [0.1, 0.15) is 4.88 Å². The van der Waals surface area contributed by atoms with Gasteiger partial charge in [-0.05, 0) is 41.5 Å². The SMILES string of the molecule is O=C(NCc1cc(-c2ccncc2)c(-c2ccc(F)cc2)s1)N1CCOCC1. The van der Waals surface area contributed by atoms with Gasteiger partial charge in [0.05, 0.1) is 19.8 Å². The van der Waals surface area contributed by atoms with Crippen molar-refractivity contribution >= 4 is 17.4 Å². The average Bonchev–Trinajstić information content (AvgIpc) is 3.18. The standard InChI is InChI=1S/C21H20FN3O2S/c22-17-3-1-16(2-4-17)20-19(15-5-7-23-8-6-15)13-18(28-20)14-24-21(26)25-9-11-27-12-10-25/h1-8,13H,9-12,14H2,(H,24,26). The second-order valence-corrected chi connectivity index (χ2v) is 7.59. The molecule has 1 aliphatic heterocycles. The van der Waals surface area contributed by atoms with E-state index in [1.165, 1.54) is 12.1 Å². The summed E-state index contributed by atoms with van der Waals surface area (Å²) in [5.41, 5.74) is 3.04. The van der Waals surface area contributed by atoms with Gasteiger partial charge in [-0.15, -0.1) is 11.3 Å². The molecular weight excluding hydrogens is 377 g/mol. The van der Waals surface area contributed by atoms with Gasteiger partial charge >= 0.3 is 6.03 Å². The topological polar surface area (TPSA) is 54.5 Å². The van der Waals surface area contributed by atoms with Crippen LogP contribution in [0.5, 0.6) is 0 Å². The minimum absolute atomic E-state index is 0.0782. The number of amides is 2. The number of aromatic nitrogens is 1. The first-order chi connectivity index (χ1) is 13.7. The maximum Gasteiger partial charge on any atom is 0.317 e. The predicted molar refractivity (Wildman–Crippen MR) is 108 cm³/mol. The van der Waals surface area contributed by atoms with Crippen LogP contribution in [0.25, 0.3) is 21.6 Å². The van der Waals surface area contributed by atoms with Gasteiger partial charge in [0.15, 0.2) is 0 Å². The molecule has 7 heteroatoms. The number of nitrogens with one attached hydrogen (secondary N) is 1. The van der Waals surface area contributed by atoms with Crippen LogP contribution in [0.3, 0.4) is 0 Å². The fourth-order valence-electron chi connectivity index (χ4n) is 3.13. The molecule has 5 nitrogen and oxygen atoms in total. The Morgan fingerprint density at radius 3 is 2.54 bits per heavy atom.